The first-order valence-electron chi connectivity index (χ1n) is 4.35. The molecule has 1 rings (SSSR count). The maximum Gasteiger partial charge on any atom is 0.404 e. The molecule has 0 aliphatic carbocycles. The molecule has 2 N–H and O–H groups in total. The van der Waals surface area contributed by atoms with Gasteiger partial charge in [-0.15, -0.1) is 0 Å². The van der Waals surface area contributed by atoms with Gasteiger partial charge in [0.05, 0.1) is 0 Å². The number of hydrogen-bond donors (Lipinski definition) is 2. The minimum absolute atomic E-state index is 0.0895. The number of carbonyl (C=O) groups is 1. The van der Waals surface area contributed by atoms with Crippen molar-refractivity contribution >= 4 is 6.09 Å². The van der Waals surface area contributed by atoms with Crippen molar-refractivity contribution in [2.45, 2.75) is 19.8 Å². The van der Waals surface area contributed by atoms with Crippen LogP contribution in [-0.2, 0) is 0 Å². The van der Waals surface area contributed by atoms with Crippen LogP contribution in [0.4, 0.5) is 4.79 Å². The zero-order valence-electron chi connectivity index (χ0n) is 8.19. The summed E-state index contributed by atoms with van der Waals surface area (Å²) in [4.78, 5) is 18.3. The summed E-state index contributed by atoms with van der Waals surface area (Å²) >= 11 is 0. The van der Waals surface area contributed by atoms with Gasteiger partial charge in [-0.2, -0.15) is 0 Å². The Hall–Kier alpha value is -1.65. The summed E-state index contributed by atoms with van der Waals surface area (Å²) in [6.45, 7) is 4.11. The van der Waals surface area contributed by atoms with Crippen LogP contribution >= 0.6 is 0 Å². The van der Waals surface area contributed by atoms with E-state index < -0.39 is 6.09 Å². The molecule has 1 heterocycles. The Morgan fingerprint density at radius 1 is 1.57 bits per heavy atom. The molecule has 0 radical (unpaired) electrons. The fraction of sp³-hybridized carbons (Fsp3) is 0.444. The summed E-state index contributed by atoms with van der Waals surface area (Å²) in [6, 6.07) is 0. The molecule has 0 bridgehead atoms. The van der Waals surface area contributed by atoms with Gasteiger partial charge in [-0.3, -0.25) is 0 Å². The largest absolute Gasteiger partial charge is 0.465 e. The molecule has 1 atom stereocenters. The van der Waals surface area contributed by atoms with Crippen LogP contribution in [0.15, 0.2) is 12.4 Å². The molecule has 0 saturated carbocycles. The summed E-state index contributed by atoms with van der Waals surface area (Å²) in [5.74, 6) is 0.804. The fourth-order valence-corrected chi connectivity index (χ4v) is 1.02. The van der Waals surface area contributed by atoms with Crippen molar-refractivity contribution in [2.75, 3.05) is 6.54 Å². The van der Waals surface area contributed by atoms with E-state index in [2.05, 4.69) is 15.3 Å². The lowest BCUT2D eigenvalue weighted by molar-refractivity contribution is 0.194. The van der Waals surface area contributed by atoms with Gasteiger partial charge >= 0.3 is 6.09 Å². The Bertz CT molecular complexity index is 310. The van der Waals surface area contributed by atoms with Crippen LogP contribution < -0.4 is 5.32 Å². The highest BCUT2D eigenvalue weighted by Crippen LogP contribution is 2.11. The second kappa shape index (κ2) is 4.55. The predicted octanol–water partition coefficient (Wildman–Crippen LogP) is 1.16. The van der Waals surface area contributed by atoms with Gasteiger partial charge in [0.1, 0.15) is 5.82 Å². The summed E-state index contributed by atoms with van der Waals surface area (Å²) in [5, 5.41) is 10.7. The van der Waals surface area contributed by atoms with E-state index in [9.17, 15) is 4.79 Å². The molecule has 0 fully saturated rings. The minimum atomic E-state index is -1.01. The number of carboxylic acid groups (broad SMARTS) is 1. The molecular formula is C9H13N3O2. The topological polar surface area (TPSA) is 75.1 Å². The lowest BCUT2D eigenvalue weighted by Crippen LogP contribution is -2.25. The zero-order valence-corrected chi connectivity index (χ0v) is 8.19. The summed E-state index contributed by atoms with van der Waals surface area (Å²) in [7, 11) is 0. The highest BCUT2D eigenvalue weighted by Gasteiger charge is 2.07. The SMILES string of the molecule is Cc1ncc(C(C)CNC(=O)O)cn1. The van der Waals surface area contributed by atoms with Crippen molar-refractivity contribution in [1.82, 2.24) is 15.3 Å². The molecule has 14 heavy (non-hydrogen) atoms. The third kappa shape index (κ3) is 3.01. The van der Waals surface area contributed by atoms with Crippen LogP contribution in [0.1, 0.15) is 24.2 Å². The molecule has 0 aliphatic heterocycles. The van der Waals surface area contributed by atoms with Gasteiger partial charge in [0.15, 0.2) is 0 Å². The van der Waals surface area contributed by atoms with Crippen molar-refractivity contribution in [3.05, 3.63) is 23.8 Å². The number of rotatable bonds is 3. The molecule has 0 aliphatic rings. The minimum Gasteiger partial charge on any atom is -0.465 e. The third-order valence-electron chi connectivity index (χ3n) is 1.93. The van der Waals surface area contributed by atoms with Crippen molar-refractivity contribution in [2.24, 2.45) is 0 Å². The van der Waals surface area contributed by atoms with Crippen LogP contribution in [0.25, 0.3) is 0 Å². The second-order valence-corrected chi connectivity index (χ2v) is 3.15. The van der Waals surface area contributed by atoms with Crippen LogP contribution in [0.2, 0.25) is 0 Å². The molecule has 1 unspecified atom stereocenters. The molecule has 1 aromatic rings. The van der Waals surface area contributed by atoms with E-state index in [4.69, 9.17) is 5.11 Å². The number of nitrogens with zero attached hydrogens (tertiary/aromatic N) is 2. The van der Waals surface area contributed by atoms with E-state index in [1.165, 1.54) is 0 Å². The summed E-state index contributed by atoms with van der Waals surface area (Å²) < 4.78 is 0. The van der Waals surface area contributed by atoms with Crippen LogP contribution in [0, 0.1) is 6.92 Å². The lowest BCUT2D eigenvalue weighted by Gasteiger charge is -2.10. The van der Waals surface area contributed by atoms with Gasteiger partial charge in [-0.05, 0) is 12.5 Å². The van der Waals surface area contributed by atoms with Crippen molar-refractivity contribution in [3.8, 4) is 0 Å². The maximum atomic E-state index is 10.2. The average Bonchev–Trinajstić information content (AvgIpc) is 2.15. The van der Waals surface area contributed by atoms with Gasteiger partial charge in [-0.25, -0.2) is 14.8 Å². The van der Waals surface area contributed by atoms with Gasteiger partial charge in [0.2, 0.25) is 0 Å². The molecular weight excluding hydrogens is 182 g/mol. The molecule has 1 aromatic heterocycles. The van der Waals surface area contributed by atoms with Crippen molar-refractivity contribution in [3.63, 3.8) is 0 Å². The van der Waals surface area contributed by atoms with Gasteiger partial charge in [0.25, 0.3) is 0 Å². The van der Waals surface area contributed by atoms with Crippen LogP contribution in [0.3, 0.4) is 0 Å². The predicted molar refractivity (Wildman–Crippen MR) is 51.2 cm³/mol. The molecule has 0 saturated heterocycles. The molecule has 0 aromatic carbocycles. The van der Waals surface area contributed by atoms with E-state index in [1.54, 1.807) is 12.4 Å². The van der Waals surface area contributed by atoms with E-state index in [0.29, 0.717) is 12.4 Å². The quantitative estimate of drug-likeness (QED) is 0.758. The highest BCUT2D eigenvalue weighted by atomic mass is 16.4. The fourth-order valence-electron chi connectivity index (χ4n) is 1.02. The molecule has 0 spiro atoms. The first-order valence-corrected chi connectivity index (χ1v) is 4.35. The first-order chi connectivity index (χ1) is 6.59. The third-order valence-corrected chi connectivity index (χ3v) is 1.93. The van der Waals surface area contributed by atoms with E-state index in [0.717, 1.165) is 5.56 Å². The van der Waals surface area contributed by atoms with Crippen molar-refractivity contribution in [1.29, 1.82) is 0 Å². The zero-order chi connectivity index (χ0) is 10.6. The van der Waals surface area contributed by atoms with Gasteiger partial charge in [-0.1, -0.05) is 6.92 Å². The number of hydrogen-bond acceptors (Lipinski definition) is 3. The number of amides is 1. The van der Waals surface area contributed by atoms with E-state index in [1.807, 2.05) is 13.8 Å². The Balaban J connectivity index is 2.56. The van der Waals surface area contributed by atoms with E-state index in [-0.39, 0.29) is 5.92 Å². The number of aryl methyl sites for hydroxylation is 1. The molecule has 76 valence electrons. The average molecular weight is 195 g/mol. The monoisotopic (exact) mass is 195 g/mol. The Morgan fingerprint density at radius 3 is 2.64 bits per heavy atom. The first kappa shape index (κ1) is 10.4. The highest BCUT2D eigenvalue weighted by molar-refractivity contribution is 5.64. The Labute approximate surface area is 82.2 Å². The normalized spacial score (nSPS) is 12.1. The second-order valence-electron chi connectivity index (χ2n) is 3.15. The number of nitrogens with one attached hydrogen (secondary N) is 1. The smallest absolute Gasteiger partial charge is 0.404 e. The summed E-state index contributed by atoms with van der Waals surface area (Å²) in [5.41, 5.74) is 0.935. The maximum absolute atomic E-state index is 10.2. The Kier molecular flexibility index (Phi) is 3.39. The molecule has 5 nitrogen and oxygen atoms in total. The van der Waals surface area contributed by atoms with Crippen molar-refractivity contribution < 1.29 is 9.90 Å². The van der Waals surface area contributed by atoms with Crippen LogP contribution in [-0.4, -0.2) is 27.7 Å². The van der Waals surface area contributed by atoms with Gasteiger partial charge in [0, 0.05) is 24.9 Å². The molecule has 1 amide bonds. The molecule has 5 heteroatoms. The summed E-state index contributed by atoms with van der Waals surface area (Å²) in [6.07, 6.45) is 2.43. The van der Waals surface area contributed by atoms with Gasteiger partial charge < -0.3 is 10.4 Å². The number of aromatic nitrogens is 2. The van der Waals surface area contributed by atoms with Crippen LogP contribution in [0.5, 0.6) is 0 Å². The standard InChI is InChI=1S/C9H13N3O2/c1-6(3-12-9(13)14)8-4-10-7(2)11-5-8/h4-6,12H,3H2,1-2H3,(H,13,14). The lowest BCUT2D eigenvalue weighted by atomic mass is 10.1. The Morgan fingerprint density at radius 2 is 2.14 bits per heavy atom. The van der Waals surface area contributed by atoms with E-state index >= 15 is 0 Å².